The topological polar surface area (TPSA) is 75.6 Å². The molecule has 1 aliphatic heterocycles. The molecule has 1 saturated heterocycles. The lowest BCUT2D eigenvalue weighted by Crippen LogP contribution is -2.25. The normalized spacial score (nSPS) is 18.0. The Hall–Kier alpha value is -1.55. The van der Waals surface area contributed by atoms with Crippen LogP contribution in [-0.2, 0) is 14.8 Å². The SMILES string of the molecule is O=S(=O)(CC1CCCO1)Nc1cccc(C#CCCO)c1. The van der Waals surface area contributed by atoms with Crippen molar-refractivity contribution in [2.45, 2.75) is 25.4 Å². The maximum absolute atomic E-state index is 12.1. The van der Waals surface area contributed by atoms with Gasteiger partial charge < -0.3 is 9.84 Å². The summed E-state index contributed by atoms with van der Waals surface area (Å²) < 4.78 is 32.0. The zero-order chi connectivity index (χ0) is 15.1. The van der Waals surface area contributed by atoms with Crippen molar-refractivity contribution in [3.8, 4) is 11.8 Å². The molecule has 0 radical (unpaired) electrons. The van der Waals surface area contributed by atoms with Gasteiger partial charge >= 0.3 is 0 Å². The molecule has 0 saturated carbocycles. The summed E-state index contributed by atoms with van der Waals surface area (Å²) in [6.45, 7) is 0.650. The van der Waals surface area contributed by atoms with Crippen molar-refractivity contribution in [3.05, 3.63) is 29.8 Å². The molecule has 1 aliphatic rings. The largest absolute Gasteiger partial charge is 0.395 e. The average Bonchev–Trinajstić information content (AvgIpc) is 2.91. The first-order valence-electron chi connectivity index (χ1n) is 6.91. The molecule has 1 aromatic carbocycles. The summed E-state index contributed by atoms with van der Waals surface area (Å²) in [6.07, 6.45) is 1.88. The number of aliphatic hydroxyl groups is 1. The molecular formula is C15H19NO4S. The summed E-state index contributed by atoms with van der Waals surface area (Å²) in [5, 5.41) is 8.68. The van der Waals surface area contributed by atoms with Gasteiger partial charge in [0.2, 0.25) is 10.0 Å². The average molecular weight is 309 g/mol. The van der Waals surface area contributed by atoms with E-state index >= 15 is 0 Å². The summed E-state index contributed by atoms with van der Waals surface area (Å²) in [5.41, 5.74) is 1.20. The van der Waals surface area contributed by atoms with E-state index in [0.29, 0.717) is 24.3 Å². The highest BCUT2D eigenvalue weighted by Gasteiger charge is 2.23. The van der Waals surface area contributed by atoms with E-state index in [1.807, 2.05) is 0 Å². The molecule has 0 aliphatic carbocycles. The molecule has 0 amide bonds. The Morgan fingerprint density at radius 3 is 3.00 bits per heavy atom. The highest BCUT2D eigenvalue weighted by molar-refractivity contribution is 7.92. The van der Waals surface area contributed by atoms with E-state index < -0.39 is 10.0 Å². The number of nitrogens with one attached hydrogen (secondary N) is 1. The van der Waals surface area contributed by atoms with Crippen molar-refractivity contribution >= 4 is 15.7 Å². The zero-order valence-electron chi connectivity index (χ0n) is 11.7. The van der Waals surface area contributed by atoms with Crippen molar-refractivity contribution < 1.29 is 18.3 Å². The lowest BCUT2D eigenvalue weighted by atomic mass is 10.2. The Morgan fingerprint density at radius 2 is 2.29 bits per heavy atom. The Bertz CT molecular complexity index is 625. The van der Waals surface area contributed by atoms with E-state index in [1.165, 1.54) is 0 Å². The second-order valence-corrected chi connectivity index (χ2v) is 6.64. The van der Waals surface area contributed by atoms with E-state index in [2.05, 4.69) is 16.6 Å². The molecule has 2 N–H and O–H groups in total. The molecule has 1 unspecified atom stereocenters. The minimum atomic E-state index is -3.42. The molecule has 1 fully saturated rings. The third kappa shape index (κ3) is 5.38. The fourth-order valence-corrected chi connectivity index (χ4v) is 3.44. The van der Waals surface area contributed by atoms with E-state index in [4.69, 9.17) is 9.84 Å². The van der Waals surface area contributed by atoms with Gasteiger partial charge in [-0.05, 0) is 31.0 Å². The quantitative estimate of drug-likeness (QED) is 0.805. The number of hydrogen-bond acceptors (Lipinski definition) is 4. The molecule has 1 heterocycles. The second kappa shape index (κ2) is 7.46. The van der Waals surface area contributed by atoms with Gasteiger partial charge in [0, 0.05) is 24.3 Å². The van der Waals surface area contributed by atoms with Gasteiger partial charge in [0.05, 0.1) is 18.5 Å². The molecule has 0 aromatic heterocycles. The van der Waals surface area contributed by atoms with Gasteiger partial charge in [0.1, 0.15) is 0 Å². The van der Waals surface area contributed by atoms with Gasteiger partial charge in [-0.25, -0.2) is 8.42 Å². The van der Waals surface area contributed by atoms with Gasteiger partial charge in [0.25, 0.3) is 0 Å². The van der Waals surface area contributed by atoms with Crippen LogP contribution in [0.3, 0.4) is 0 Å². The lowest BCUT2D eigenvalue weighted by molar-refractivity contribution is 0.127. The lowest BCUT2D eigenvalue weighted by Gasteiger charge is -2.12. The van der Waals surface area contributed by atoms with Crippen LogP contribution in [0.1, 0.15) is 24.8 Å². The molecule has 0 spiro atoms. The number of rotatable bonds is 5. The van der Waals surface area contributed by atoms with Gasteiger partial charge in [-0.3, -0.25) is 4.72 Å². The van der Waals surface area contributed by atoms with Crippen LogP contribution in [0.4, 0.5) is 5.69 Å². The molecule has 5 nitrogen and oxygen atoms in total. The summed E-state index contributed by atoms with van der Waals surface area (Å²) in [5.74, 6) is 5.66. The van der Waals surface area contributed by atoms with E-state index in [1.54, 1.807) is 24.3 Å². The van der Waals surface area contributed by atoms with Gasteiger partial charge in [0.15, 0.2) is 0 Å². The molecule has 21 heavy (non-hydrogen) atoms. The minimum Gasteiger partial charge on any atom is -0.395 e. The molecule has 1 atom stereocenters. The van der Waals surface area contributed by atoms with E-state index in [-0.39, 0.29) is 18.5 Å². The number of sulfonamides is 1. The van der Waals surface area contributed by atoms with Crippen LogP contribution in [0.25, 0.3) is 0 Å². The Balaban J connectivity index is 2.01. The Kier molecular flexibility index (Phi) is 5.62. The van der Waals surface area contributed by atoms with Crippen molar-refractivity contribution in [2.75, 3.05) is 23.7 Å². The van der Waals surface area contributed by atoms with Crippen LogP contribution < -0.4 is 4.72 Å². The Morgan fingerprint density at radius 1 is 1.43 bits per heavy atom. The molecule has 1 aromatic rings. The van der Waals surface area contributed by atoms with Crippen LogP contribution in [0.15, 0.2) is 24.3 Å². The van der Waals surface area contributed by atoms with E-state index in [9.17, 15) is 8.42 Å². The van der Waals surface area contributed by atoms with Crippen molar-refractivity contribution in [3.63, 3.8) is 0 Å². The number of aliphatic hydroxyl groups excluding tert-OH is 1. The monoisotopic (exact) mass is 309 g/mol. The fourth-order valence-electron chi connectivity index (χ4n) is 2.12. The summed E-state index contributed by atoms with van der Waals surface area (Å²) in [4.78, 5) is 0. The predicted octanol–water partition coefficient (Wildman–Crippen LogP) is 1.34. The minimum absolute atomic E-state index is 0.0146. The summed E-state index contributed by atoms with van der Waals surface area (Å²) in [7, 11) is -3.42. The summed E-state index contributed by atoms with van der Waals surface area (Å²) in [6, 6.07) is 6.90. The molecule has 114 valence electrons. The molecule has 0 bridgehead atoms. The van der Waals surface area contributed by atoms with Crippen LogP contribution >= 0.6 is 0 Å². The van der Waals surface area contributed by atoms with Crippen molar-refractivity contribution in [1.29, 1.82) is 0 Å². The van der Waals surface area contributed by atoms with Gasteiger partial charge in [-0.1, -0.05) is 17.9 Å². The first kappa shape index (κ1) is 15.8. The van der Waals surface area contributed by atoms with Crippen molar-refractivity contribution in [1.82, 2.24) is 0 Å². The maximum Gasteiger partial charge on any atom is 0.235 e. The van der Waals surface area contributed by atoms with Crippen LogP contribution in [-0.4, -0.2) is 38.6 Å². The summed E-state index contributed by atoms with van der Waals surface area (Å²) >= 11 is 0. The number of ether oxygens (including phenoxy) is 1. The van der Waals surface area contributed by atoms with Gasteiger partial charge in [-0.15, -0.1) is 0 Å². The van der Waals surface area contributed by atoms with Crippen LogP contribution in [0.5, 0.6) is 0 Å². The number of anilines is 1. The Labute approximate surface area is 125 Å². The second-order valence-electron chi connectivity index (χ2n) is 4.87. The smallest absolute Gasteiger partial charge is 0.235 e. The number of benzene rings is 1. The maximum atomic E-state index is 12.1. The number of hydrogen-bond donors (Lipinski definition) is 2. The van der Waals surface area contributed by atoms with Crippen molar-refractivity contribution in [2.24, 2.45) is 0 Å². The highest BCUT2D eigenvalue weighted by Crippen LogP contribution is 2.17. The van der Waals surface area contributed by atoms with Gasteiger partial charge in [-0.2, -0.15) is 0 Å². The molecule has 2 rings (SSSR count). The van der Waals surface area contributed by atoms with Crippen LogP contribution in [0.2, 0.25) is 0 Å². The van der Waals surface area contributed by atoms with E-state index in [0.717, 1.165) is 12.8 Å². The first-order valence-corrected chi connectivity index (χ1v) is 8.56. The van der Waals surface area contributed by atoms with Crippen LogP contribution in [0, 0.1) is 11.8 Å². The zero-order valence-corrected chi connectivity index (χ0v) is 12.5. The fraction of sp³-hybridized carbons (Fsp3) is 0.467. The third-order valence-corrected chi connectivity index (χ3v) is 4.39. The molecule has 6 heteroatoms. The predicted molar refractivity (Wildman–Crippen MR) is 81.4 cm³/mol. The molecular weight excluding hydrogens is 290 g/mol. The highest BCUT2D eigenvalue weighted by atomic mass is 32.2. The first-order chi connectivity index (χ1) is 10.1. The standard InChI is InChI=1S/C15H19NO4S/c17-9-2-1-5-13-6-3-7-14(11-13)16-21(18,19)12-15-8-4-10-20-15/h3,6-7,11,15-17H,2,4,8-10,12H2. The third-order valence-electron chi connectivity index (χ3n) is 3.03.